The summed E-state index contributed by atoms with van der Waals surface area (Å²) in [5.74, 6) is 0.249. The number of urea groups is 1. The van der Waals surface area contributed by atoms with Gasteiger partial charge >= 0.3 is 6.03 Å². The average molecular weight is 542 g/mol. The third-order valence-corrected chi connectivity index (χ3v) is 6.39. The van der Waals surface area contributed by atoms with Crippen LogP contribution in [0, 0.1) is 0 Å². The van der Waals surface area contributed by atoms with E-state index in [1.165, 1.54) is 32.4 Å². The van der Waals surface area contributed by atoms with E-state index in [0.717, 1.165) is 11.3 Å². The molecule has 206 valence electrons. The fraction of sp³-hybridized carbons (Fsp3) is 0.161. The van der Waals surface area contributed by atoms with E-state index in [-0.39, 0.29) is 23.0 Å². The van der Waals surface area contributed by atoms with Crippen molar-refractivity contribution >= 4 is 29.7 Å². The summed E-state index contributed by atoms with van der Waals surface area (Å²) in [5, 5.41) is 25.4. The summed E-state index contributed by atoms with van der Waals surface area (Å²) in [4.78, 5) is 28.4. The van der Waals surface area contributed by atoms with E-state index >= 15 is 0 Å². The van der Waals surface area contributed by atoms with Gasteiger partial charge in [-0.05, 0) is 65.2 Å². The van der Waals surface area contributed by atoms with Gasteiger partial charge in [0, 0.05) is 25.4 Å². The van der Waals surface area contributed by atoms with E-state index in [1.807, 2.05) is 43.3 Å². The third kappa shape index (κ3) is 6.27. The number of rotatable bonds is 9. The minimum Gasteiger partial charge on any atom is -0.504 e. The van der Waals surface area contributed by atoms with E-state index < -0.39 is 12.1 Å². The van der Waals surface area contributed by atoms with Crippen molar-refractivity contribution in [2.75, 3.05) is 33.2 Å². The van der Waals surface area contributed by atoms with Crippen LogP contribution in [-0.4, -0.2) is 50.3 Å². The molecule has 0 aromatic heterocycles. The quantitative estimate of drug-likeness (QED) is 0.288. The maximum Gasteiger partial charge on any atom is 0.320 e. The summed E-state index contributed by atoms with van der Waals surface area (Å²) in [6.07, 6.45) is 6.40. The molecular weight excluding hydrogens is 510 g/mol. The monoisotopic (exact) mass is 541 g/mol. The number of phenols is 2. The second-order valence-electron chi connectivity index (χ2n) is 9.24. The zero-order valence-electron chi connectivity index (χ0n) is 22.6. The van der Waals surface area contributed by atoms with Crippen molar-refractivity contribution in [3.8, 4) is 23.0 Å². The lowest BCUT2D eigenvalue weighted by Crippen LogP contribution is -2.45. The van der Waals surface area contributed by atoms with Gasteiger partial charge in [0.1, 0.15) is 0 Å². The zero-order valence-corrected chi connectivity index (χ0v) is 22.6. The van der Waals surface area contributed by atoms with Crippen LogP contribution in [0.2, 0.25) is 0 Å². The summed E-state index contributed by atoms with van der Waals surface area (Å²) in [6.45, 7) is 0. The van der Waals surface area contributed by atoms with E-state index in [9.17, 15) is 19.8 Å². The molecule has 3 aromatic carbocycles. The molecule has 2 amide bonds. The highest BCUT2D eigenvalue weighted by Crippen LogP contribution is 2.32. The molecule has 1 aliphatic heterocycles. The van der Waals surface area contributed by atoms with E-state index in [0.29, 0.717) is 28.1 Å². The number of amides is 2. The first-order chi connectivity index (χ1) is 19.2. The van der Waals surface area contributed by atoms with Crippen molar-refractivity contribution in [1.29, 1.82) is 0 Å². The highest BCUT2D eigenvalue weighted by Gasteiger charge is 2.31. The number of ether oxygens (including phenoxy) is 2. The first-order valence-electron chi connectivity index (χ1n) is 12.4. The number of nitrogens with one attached hydrogen (secondary N) is 2. The van der Waals surface area contributed by atoms with Crippen LogP contribution < -0.4 is 25.0 Å². The lowest BCUT2D eigenvalue weighted by atomic mass is 9.91. The van der Waals surface area contributed by atoms with Gasteiger partial charge in [-0.1, -0.05) is 36.4 Å². The van der Waals surface area contributed by atoms with Crippen LogP contribution in [0.3, 0.4) is 0 Å². The van der Waals surface area contributed by atoms with Gasteiger partial charge in [-0.15, -0.1) is 0 Å². The number of ketones is 1. The third-order valence-electron chi connectivity index (χ3n) is 6.39. The number of carbonyl (C=O) groups excluding carboxylic acids is 2. The fourth-order valence-corrected chi connectivity index (χ4v) is 4.24. The molecule has 0 fully saturated rings. The molecule has 4 rings (SSSR count). The number of hydrogen-bond acceptors (Lipinski definition) is 7. The van der Waals surface area contributed by atoms with Gasteiger partial charge in [0.2, 0.25) is 0 Å². The van der Waals surface area contributed by atoms with Gasteiger partial charge in [0.25, 0.3) is 0 Å². The van der Waals surface area contributed by atoms with Gasteiger partial charge in [0.05, 0.1) is 26.0 Å². The van der Waals surface area contributed by atoms with Crippen LogP contribution >= 0.6 is 0 Å². The summed E-state index contributed by atoms with van der Waals surface area (Å²) in [5.41, 5.74) is 3.72. The molecule has 1 heterocycles. The van der Waals surface area contributed by atoms with Crippen molar-refractivity contribution in [2.45, 2.75) is 6.04 Å². The number of methoxy groups -OCH3 is 2. The largest absolute Gasteiger partial charge is 0.504 e. The van der Waals surface area contributed by atoms with Crippen molar-refractivity contribution in [1.82, 2.24) is 10.6 Å². The summed E-state index contributed by atoms with van der Waals surface area (Å²) in [7, 11) is 6.77. The minimum absolute atomic E-state index is 0.00198. The number of benzene rings is 3. The molecule has 0 saturated heterocycles. The first kappa shape index (κ1) is 27.8. The van der Waals surface area contributed by atoms with Gasteiger partial charge in [-0.25, -0.2) is 4.79 Å². The highest BCUT2D eigenvalue weighted by atomic mass is 16.5. The smallest absolute Gasteiger partial charge is 0.320 e. The molecule has 4 N–H and O–H groups in total. The van der Waals surface area contributed by atoms with E-state index in [1.54, 1.807) is 42.5 Å². The van der Waals surface area contributed by atoms with Gasteiger partial charge in [-0.2, -0.15) is 0 Å². The van der Waals surface area contributed by atoms with Gasteiger partial charge in [0.15, 0.2) is 28.8 Å². The Labute approximate surface area is 232 Å². The lowest BCUT2D eigenvalue weighted by molar-refractivity contribution is -0.111. The van der Waals surface area contributed by atoms with Crippen LogP contribution in [0.15, 0.2) is 84.1 Å². The number of allylic oxidation sites excluding steroid dienone is 2. The van der Waals surface area contributed by atoms with Gasteiger partial charge < -0.3 is 35.2 Å². The van der Waals surface area contributed by atoms with Crippen molar-refractivity contribution in [3.63, 3.8) is 0 Å². The maximum absolute atomic E-state index is 13.7. The van der Waals surface area contributed by atoms with Crippen molar-refractivity contribution in [2.24, 2.45) is 0 Å². The van der Waals surface area contributed by atoms with Gasteiger partial charge in [-0.3, -0.25) is 4.79 Å². The first-order valence-corrected chi connectivity index (χ1v) is 12.4. The predicted octanol–water partition coefficient (Wildman–Crippen LogP) is 4.78. The molecule has 9 nitrogen and oxygen atoms in total. The molecule has 0 saturated carbocycles. The maximum atomic E-state index is 13.7. The van der Waals surface area contributed by atoms with Crippen molar-refractivity contribution < 1.29 is 29.3 Å². The second-order valence-corrected chi connectivity index (χ2v) is 9.24. The van der Waals surface area contributed by atoms with Crippen LogP contribution in [0.1, 0.15) is 22.7 Å². The number of carbonyl (C=O) groups is 2. The number of nitrogens with zero attached hydrogens (tertiary/aromatic N) is 1. The SMILES string of the molecule is COc1cc(/C=C/C(=O)C2=C(/C=C/c3ccc(O)c(OC)c3)NC(=O)NC2c2ccc(N(C)C)cc2)ccc1O. The molecule has 3 aromatic rings. The molecule has 1 atom stereocenters. The fourth-order valence-electron chi connectivity index (χ4n) is 4.24. The summed E-state index contributed by atoms with van der Waals surface area (Å²) >= 11 is 0. The highest BCUT2D eigenvalue weighted by molar-refractivity contribution is 6.09. The lowest BCUT2D eigenvalue weighted by Gasteiger charge is -2.28. The summed E-state index contributed by atoms with van der Waals surface area (Å²) in [6, 6.07) is 16.0. The number of phenolic OH excluding ortho intramolecular Hbond substituents is 2. The minimum atomic E-state index is -0.717. The number of hydrogen-bond donors (Lipinski definition) is 4. The van der Waals surface area contributed by atoms with E-state index in [4.69, 9.17) is 9.47 Å². The molecular formula is C31H31N3O6. The zero-order chi connectivity index (χ0) is 28.8. The molecule has 0 radical (unpaired) electrons. The predicted molar refractivity (Wildman–Crippen MR) is 155 cm³/mol. The molecule has 1 unspecified atom stereocenters. The Morgan fingerprint density at radius 2 is 1.43 bits per heavy atom. The Hall–Kier alpha value is -5.18. The standard InChI is InChI=1S/C31H31N3O6/c1-34(2)22-11-9-21(10-12-22)30-29(26(37)16-8-20-7-15-25(36)28(18-20)40-4)23(32-31(38)33-30)13-5-19-6-14-24(35)27(17-19)39-3/h5-18,30,35-36H,1-4H3,(H2,32,33,38)/b13-5+,16-8+. The Balaban J connectivity index is 1.77. The Morgan fingerprint density at radius 1 is 0.850 bits per heavy atom. The van der Waals surface area contributed by atoms with Crippen LogP contribution in [0.4, 0.5) is 10.5 Å². The second kappa shape index (κ2) is 12.1. The van der Waals surface area contributed by atoms with Crippen molar-refractivity contribution in [3.05, 3.63) is 101 Å². The van der Waals surface area contributed by atoms with Crippen LogP contribution in [-0.2, 0) is 4.79 Å². The number of anilines is 1. The molecule has 9 heteroatoms. The molecule has 0 spiro atoms. The Bertz CT molecular complexity index is 1510. The Kier molecular flexibility index (Phi) is 8.44. The van der Waals surface area contributed by atoms with Crippen LogP contribution in [0.5, 0.6) is 23.0 Å². The topological polar surface area (TPSA) is 120 Å². The summed E-state index contributed by atoms with van der Waals surface area (Å²) < 4.78 is 10.4. The van der Waals surface area contributed by atoms with Crippen LogP contribution in [0.25, 0.3) is 12.2 Å². The number of aromatic hydroxyl groups is 2. The average Bonchev–Trinajstić information content (AvgIpc) is 2.95. The molecule has 0 aliphatic carbocycles. The Morgan fingerprint density at radius 3 is 1.98 bits per heavy atom. The molecule has 40 heavy (non-hydrogen) atoms. The van der Waals surface area contributed by atoms with E-state index in [2.05, 4.69) is 10.6 Å². The molecule has 0 bridgehead atoms. The normalized spacial score (nSPS) is 15.2. The molecule has 1 aliphatic rings.